The average Bonchev–Trinajstić information content (AvgIpc) is 3.15. The number of nitrogens with zero attached hydrogens (tertiary/aromatic N) is 2. The molecule has 1 N–H and O–H groups in total. The van der Waals surface area contributed by atoms with Crippen LogP contribution in [0.15, 0.2) is 42.5 Å². The molecule has 3 amide bonds. The van der Waals surface area contributed by atoms with E-state index in [-0.39, 0.29) is 11.9 Å². The van der Waals surface area contributed by atoms with Crippen LogP contribution in [-0.4, -0.2) is 35.5 Å². The lowest BCUT2D eigenvalue weighted by Crippen LogP contribution is -2.49. The van der Waals surface area contributed by atoms with Crippen LogP contribution in [0, 0.1) is 0 Å². The number of ether oxygens (including phenoxy) is 1. The van der Waals surface area contributed by atoms with Gasteiger partial charge < -0.3 is 14.6 Å². The SMILES string of the molecule is COc1ccc2[nH]c3c(c2c1)CCN1C(=O)N(c2cccc(Cl)c2)C(=O)[C@]31C. The molecule has 1 saturated heterocycles. The topological polar surface area (TPSA) is 65.6 Å². The molecule has 0 spiro atoms. The van der Waals surface area contributed by atoms with Gasteiger partial charge in [0.2, 0.25) is 0 Å². The van der Waals surface area contributed by atoms with Gasteiger partial charge in [0.1, 0.15) is 5.75 Å². The van der Waals surface area contributed by atoms with Crippen LogP contribution in [0.3, 0.4) is 0 Å². The van der Waals surface area contributed by atoms with Crippen molar-refractivity contribution in [3.63, 3.8) is 0 Å². The van der Waals surface area contributed by atoms with E-state index in [1.54, 1.807) is 36.3 Å². The molecule has 2 aromatic carbocycles. The van der Waals surface area contributed by atoms with E-state index in [1.807, 2.05) is 25.1 Å². The molecule has 2 aliphatic rings. The number of hydrogen-bond acceptors (Lipinski definition) is 3. The lowest BCUT2D eigenvalue weighted by atomic mass is 9.87. The van der Waals surface area contributed by atoms with Crippen molar-refractivity contribution in [1.82, 2.24) is 9.88 Å². The zero-order valence-electron chi connectivity index (χ0n) is 15.5. The Labute approximate surface area is 166 Å². The van der Waals surface area contributed by atoms with Gasteiger partial charge in [-0.25, -0.2) is 9.69 Å². The smallest absolute Gasteiger partial charge is 0.332 e. The predicted octanol–water partition coefficient (Wildman–Crippen LogP) is 4.07. The molecule has 3 aromatic rings. The third kappa shape index (κ3) is 2.09. The first-order valence-electron chi connectivity index (χ1n) is 9.06. The Morgan fingerprint density at radius 1 is 1.18 bits per heavy atom. The van der Waals surface area contributed by atoms with Crippen molar-refractivity contribution in [1.29, 1.82) is 0 Å². The van der Waals surface area contributed by atoms with Crippen LogP contribution in [0.25, 0.3) is 10.9 Å². The Morgan fingerprint density at radius 3 is 2.75 bits per heavy atom. The molecular formula is C21H18ClN3O3. The largest absolute Gasteiger partial charge is 0.497 e. The Hall–Kier alpha value is -2.99. The molecule has 1 aromatic heterocycles. The van der Waals surface area contributed by atoms with Crippen LogP contribution in [0.5, 0.6) is 5.75 Å². The Balaban J connectivity index is 1.68. The van der Waals surface area contributed by atoms with Gasteiger partial charge in [-0.3, -0.25) is 4.79 Å². The second-order valence-corrected chi connectivity index (χ2v) is 7.70. The summed E-state index contributed by atoms with van der Waals surface area (Å²) in [6.45, 7) is 2.28. The first kappa shape index (κ1) is 17.1. The highest BCUT2D eigenvalue weighted by atomic mass is 35.5. The monoisotopic (exact) mass is 395 g/mol. The molecule has 1 fully saturated rings. The standard InChI is InChI=1S/C21H18ClN3O3/c1-21-18-15(16-11-14(28-2)6-7-17(16)23-18)8-9-24(21)20(27)25(19(21)26)13-5-3-4-12(22)10-13/h3-7,10-11,23H,8-9H2,1-2H3/t21-/m0/s1. The van der Waals surface area contributed by atoms with E-state index >= 15 is 0 Å². The molecule has 1 atom stereocenters. The van der Waals surface area contributed by atoms with Gasteiger partial charge in [-0.05, 0) is 55.3 Å². The van der Waals surface area contributed by atoms with Crippen molar-refractivity contribution in [3.05, 3.63) is 58.7 Å². The molecule has 142 valence electrons. The first-order valence-corrected chi connectivity index (χ1v) is 9.43. The van der Waals surface area contributed by atoms with Crippen LogP contribution in [0.2, 0.25) is 5.02 Å². The highest BCUT2D eigenvalue weighted by molar-refractivity contribution is 6.31. The van der Waals surface area contributed by atoms with Crippen molar-refractivity contribution in [3.8, 4) is 5.75 Å². The molecule has 0 unspecified atom stereocenters. The van der Waals surface area contributed by atoms with Crippen LogP contribution in [-0.2, 0) is 16.8 Å². The maximum Gasteiger partial charge on any atom is 0.332 e. The molecule has 0 aliphatic carbocycles. The molecule has 5 rings (SSSR count). The summed E-state index contributed by atoms with van der Waals surface area (Å²) < 4.78 is 5.35. The number of carbonyl (C=O) groups is 2. The molecule has 6 nitrogen and oxygen atoms in total. The summed E-state index contributed by atoms with van der Waals surface area (Å²) in [7, 11) is 1.63. The van der Waals surface area contributed by atoms with Gasteiger partial charge in [-0.15, -0.1) is 0 Å². The minimum Gasteiger partial charge on any atom is -0.497 e. The number of methoxy groups -OCH3 is 1. The van der Waals surface area contributed by atoms with E-state index in [1.165, 1.54) is 4.90 Å². The summed E-state index contributed by atoms with van der Waals surface area (Å²) >= 11 is 6.09. The van der Waals surface area contributed by atoms with Gasteiger partial charge in [-0.2, -0.15) is 0 Å². The van der Waals surface area contributed by atoms with Crippen LogP contribution < -0.4 is 9.64 Å². The number of imide groups is 1. The molecule has 0 saturated carbocycles. The van der Waals surface area contributed by atoms with Crippen LogP contribution in [0.1, 0.15) is 18.2 Å². The van der Waals surface area contributed by atoms with E-state index in [4.69, 9.17) is 16.3 Å². The summed E-state index contributed by atoms with van der Waals surface area (Å²) in [6, 6.07) is 12.3. The quantitative estimate of drug-likeness (QED) is 0.665. The van der Waals surface area contributed by atoms with Gasteiger partial charge in [0.05, 0.1) is 18.5 Å². The molecule has 7 heteroatoms. The van der Waals surface area contributed by atoms with Crippen molar-refractivity contribution in [2.24, 2.45) is 0 Å². The van der Waals surface area contributed by atoms with E-state index in [2.05, 4.69) is 4.98 Å². The fourth-order valence-corrected chi connectivity index (χ4v) is 4.57. The van der Waals surface area contributed by atoms with Gasteiger partial charge in [0.25, 0.3) is 5.91 Å². The number of nitrogens with one attached hydrogen (secondary N) is 1. The normalized spacial score (nSPS) is 21.2. The maximum absolute atomic E-state index is 13.5. The van der Waals surface area contributed by atoms with Gasteiger partial charge in [0.15, 0.2) is 5.54 Å². The Kier molecular flexibility index (Phi) is 3.52. The minimum absolute atomic E-state index is 0.278. The lowest BCUT2D eigenvalue weighted by molar-refractivity contribution is -0.125. The summed E-state index contributed by atoms with van der Waals surface area (Å²) in [6.07, 6.45) is 0.667. The van der Waals surface area contributed by atoms with E-state index in [9.17, 15) is 9.59 Å². The lowest BCUT2D eigenvalue weighted by Gasteiger charge is -2.35. The van der Waals surface area contributed by atoms with Crippen molar-refractivity contribution in [2.75, 3.05) is 18.6 Å². The highest BCUT2D eigenvalue weighted by Crippen LogP contribution is 2.45. The Bertz CT molecular complexity index is 1160. The number of halogens is 1. The average molecular weight is 396 g/mol. The molecule has 3 heterocycles. The van der Waals surface area contributed by atoms with E-state index in [0.29, 0.717) is 23.7 Å². The van der Waals surface area contributed by atoms with E-state index < -0.39 is 5.54 Å². The number of aromatic nitrogens is 1. The highest BCUT2D eigenvalue weighted by Gasteiger charge is 2.59. The fraction of sp³-hybridized carbons (Fsp3) is 0.238. The third-order valence-corrected chi connectivity index (χ3v) is 6.07. The number of amides is 3. The number of benzene rings is 2. The number of urea groups is 1. The molecule has 2 aliphatic heterocycles. The van der Waals surface area contributed by atoms with Crippen LogP contribution in [0.4, 0.5) is 10.5 Å². The van der Waals surface area contributed by atoms with E-state index in [0.717, 1.165) is 27.9 Å². The summed E-state index contributed by atoms with van der Waals surface area (Å²) in [5.41, 5.74) is 2.15. The third-order valence-electron chi connectivity index (χ3n) is 5.83. The second-order valence-electron chi connectivity index (χ2n) is 7.27. The molecule has 0 radical (unpaired) electrons. The zero-order chi connectivity index (χ0) is 19.6. The first-order chi connectivity index (χ1) is 13.4. The fourth-order valence-electron chi connectivity index (χ4n) is 4.39. The maximum atomic E-state index is 13.5. The number of rotatable bonds is 2. The van der Waals surface area contributed by atoms with Gasteiger partial charge >= 0.3 is 6.03 Å². The summed E-state index contributed by atoms with van der Waals surface area (Å²) in [4.78, 5) is 32.9. The summed E-state index contributed by atoms with van der Waals surface area (Å²) in [5.74, 6) is 0.482. The number of aromatic amines is 1. The van der Waals surface area contributed by atoms with Crippen molar-refractivity contribution < 1.29 is 14.3 Å². The summed E-state index contributed by atoms with van der Waals surface area (Å²) in [5, 5.41) is 1.50. The molecular weight excluding hydrogens is 378 g/mol. The number of fused-ring (bicyclic) bond motifs is 5. The number of hydrogen-bond donors (Lipinski definition) is 1. The van der Waals surface area contributed by atoms with Crippen molar-refractivity contribution >= 4 is 40.1 Å². The number of carbonyl (C=O) groups excluding carboxylic acids is 2. The number of H-pyrrole nitrogens is 1. The van der Waals surface area contributed by atoms with Gasteiger partial charge in [-0.1, -0.05) is 17.7 Å². The molecule has 28 heavy (non-hydrogen) atoms. The van der Waals surface area contributed by atoms with Gasteiger partial charge in [0, 0.05) is 22.5 Å². The predicted molar refractivity (Wildman–Crippen MR) is 107 cm³/mol. The molecule has 0 bridgehead atoms. The zero-order valence-corrected chi connectivity index (χ0v) is 16.2. The second kappa shape index (κ2) is 5.75. The van der Waals surface area contributed by atoms with Crippen LogP contribution >= 0.6 is 11.6 Å². The minimum atomic E-state index is -1.08. The van der Waals surface area contributed by atoms with Crippen molar-refractivity contribution in [2.45, 2.75) is 18.9 Å². The Morgan fingerprint density at radius 2 is 2.00 bits per heavy atom. The number of anilines is 1.